The van der Waals surface area contributed by atoms with Crippen LogP contribution in [0.3, 0.4) is 0 Å². The average molecular weight is 313 g/mol. The molecule has 22 heavy (non-hydrogen) atoms. The standard InChI is InChI=1S/C15H17F2NO4/c1-15(2,3)22-14(21)18-7-9(12(18)13(19)20)8-4-5-10(16)11(17)6-8/h4-6,9,12H,7H2,1-3H3,(H,19,20). The van der Waals surface area contributed by atoms with Gasteiger partial charge in [-0.15, -0.1) is 0 Å². The number of carbonyl (C=O) groups excluding carboxylic acids is 1. The van der Waals surface area contributed by atoms with Gasteiger partial charge in [0.05, 0.1) is 0 Å². The van der Waals surface area contributed by atoms with Gasteiger partial charge in [-0.3, -0.25) is 4.90 Å². The fourth-order valence-electron chi connectivity index (χ4n) is 2.35. The molecule has 0 radical (unpaired) electrons. The third kappa shape index (κ3) is 3.18. The Labute approximate surface area is 126 Å². The zero-order valence-electron chi connectivity index (χ0n) is 12.5. The van der Waals surface area contributed by atoms with Gasteiger partial charge < -0.3 is 9.84 Å². The van der Waals surface area contributed by atoms with Crippen molar-refractivity contribution in [3.8, 4) is 0 Å². The molecule has 120 valence electrons. The predicted molar refractivity (Wildman–Crippen MR) is 73.5 cm³/mol. The van der Waals surface area contributed by atoms with Crippen LogP contribution in [0.1, 0.15) is 32.3 Å². The molecular weight excluding hydrogens is 296 g/mol. The van der Waals surface area contributed by atoms with Crippen molar-refractivity contribution >= 4 is 12.1 Å². The molecule has 1 aliphatic rings. The maximum Gasteiger partial charge on any atom is 0.411 e. The Bertz CT molecular complexity index is 612. The van der Waals surface area contributed by atoms with Crippen LogP contribution in [-0.4, -0.2) is 40.3 Å². The summed E-state index contributed by atoms with van der Waals surface area (Å²) in [4.78, 5) is 24.4. The lowest BCUT2D eigenvalue weighted by Gasteiger charge is -2.45. The molecule has 1 N–H and O–H groups in total. The monoisotopic (exact) mass is 313 g/mol. The van der Waals surface area contributed by atoms with E-state index < -0.39 is 41.3 Å². The third-order valence-electron chi connectivity index (χ3n) is 3.36. The third-order valence-corrected chi connectivity index (χ3v) is 3.36. The van der Waals surface area contributed by atoms with E-state index in [2.05, 4.69) is 0 Å². The first-order valence-corrected chi connectivity index (χ1v) is 6.77. The van der Waals surface area contributed by atoms with E-state index in [0.717, 1.165) is 17.0 Å². The largest absolute Gasteiger partial charge is 0.480 e. The van der Waals surface area contributed by atoms with Crippen molar-refractivity contribution < 1.29 is 28.2 Å². The number of ether oxygens (including phenoxy) is 1. The van der Waals surface area contributed by atoms with E-state index in [1.165, 1.54) is 6.07 Å². The van der Waals surface area contributed by atoms with Gasteiger partial charge in [0.15, 0.2) is 11.6 Å². The van der Waals surface area contributed by atoms with Crippen LogP contribution >= 0.6 is 0 Å². The van der Waals surface area contributed by atoms with E-state index in [1.807, 2.05) is 0 Å². The molecule has 0 bridgehead atoms. The van der Waals surface area contributed by atoms with Crippen LogP contribution in [-0.2, 0) is 9.53 Å². The number of hydrogen-bond acceptors (Lipinski definition) is 3. The molecule has 5 nitrogen and oxygen atoms in total. The van der Waals surface area contributed by atoms with Crippen molar-refractivity contribution in [2.45, 2.75) is 38.3 Å². The predicted octanol–water partition coefficient (Wildman–Crippen LogP) is 2.75. The number of nitrogens with zero attached hydrogens (tertiary/aromatic N) is 1. The second kappa shape index (κ2) is 5.55. The van der Waals surface area contributed by atoms with Crippen LogP contribution in [0.25, 0.3) is 0 Å². The van der Waals surface area contributed by atoms with E-state index in [-0.39, 0.29) is 6.54 Å². The number of carbonyl (C=O) groups is 2. The number of halogens is 2. The molecule has 1 amide bonds. The Balaban J connectivity index is 2.18. The van der Waals surface area contributed by atoms with Gasteiger partial charge in [-0.1, -0.05) is 6.07 Å². The van der Waals surface area contributed by atoms with Crippen LogP contribution in [0, 0.1) is 11.6 Å². The number of amides is 1. The molecule has 1 fully saturated rings. The summed E-state index contributed by atoms with van der Waals surface area (Å²) < 4.78 is 31.4. The molecule has 1 saturated heterocycles. The van der Waals surface area contributed by atoms with Gasteiger partial charge in [0.1, 0.15) is 11.6 Å². The number of carboxylic acid groups (broad SMARTS) is 1. The van der Waals surface area contributed by atoms with Gasteiger partial charge in [-0.25, -0.2) is 18.4 Å². The average Bonchev–Trinajstić information content (AvgIpc) is 2.29. The highest BCUT2D eigenvalue weighted by atomic mass is 19.2. The van der Waals surface area contributed by atoms with Crippen molar-refractivity contribution in [3.63, 3.8) is 0 Å². The number of likely N-dealkylation sites (tertiary alicyclic amines) is 1. The maximum absolute atomic E-state index is 13.3. The normalized spacial score (nSPS) is 21.2. The number of benzene rings is 1. The molecule has 2 atom stereocenters. The number of hydrogen-bond donors (Lipinski definition) is 1. The molecule has 1 heterocycles. The van der Waals surface area contributed by atoms with Crippen molar-refractivity contribution in [1.29, 1.82) is 0 Å². The van der Waals surface area contributed by atoms with Crippen LogP contribution in [0.2, 0.25) is 0 Å². The lowest BCUT2D eigenvalue weighted by Crippen LogP contribution is -2.61. The van der Waals surface area contributed by atoms with Gasteiger partial charge in [-0.05, 0) is 38.5 Å². The van der Waals surface area contributed by atoms with E-state index >= 15 is 0 Å². The molecule has 1 aromatic rings. The van der Waals surface area contributed by atoms with Crippen molar-refractivity contribution in [2.24, 2.45) is 0 Å². The Morgan fingerprint density at radius 1 is 1.27 bits per heavy atom. The topological polar surface area (TPSA) is 66.8 Å². The molecule has 0 aromatic heterocycles. The van der Waals surface area contributed by atoms with E-state index in [0.29, 0.717) is 5.56 Å². The molecule has 0 spiro atoms. The smallest absolute Gasteiger partial charge is 0.411 e. The molecule has 1 aliphatic heterocycles. The molecule has 0 aliphatic carbocycles. The molecule has 2 unspecified atom stereocenters. The van der Waals surface area contributed by atoms with E-state index in [9.17, 15) is 23.5 Å². The zero-order valence-corrected chi connectivity index (χ0v) is 12.5. The van der Waals surface area contributed by atoms with Gasteiger partial charge >= 0.3 is 12.1 Å². The summed E-state index contributed by atoms with van der Waals surface area (Å²) >= 11 is 0. The highest BCUT2D eigenvalue weighted by Gasteiger charge is 2.49. The SMILES string of the molecule is CC(C)(C)OC(=O)N1CC(c2ccc(F)c(F)c2)C1C(=O)O. The molecule has 7 heteroatoms. The fraction of sp³-hybridized carbons (Fsp3) is 0.467. The first-order chi connectivity index (χ1) is 10.1. The summed E-state index contributed by atoms with van der Waals surface area (Å²) in [6.45, 7) is 5.10. The van der Waals surface area contributed by atoms with Gasteiger partial charge in [0.2, 0.25) is 0 Å². The van der Waals surface area contributed by atoms with Gasteiger partial charge in [-0.2, -0.15) is 0 Å². The van der Waals surface area contributed by atoms with E-state index in [1.54, 1.807) is 20.8 Å². The van der Waals surface area contributed by atoms with Crippen LogP contribution < -0.4 is 0 Å². The fourth-order valence-corrected chi connectivity index (χ4v) is 2.35. The lowest BCUT2D eigenvalue weighted by atomic mass is 9.83. The van der Waals surface area contributed by atoms with Crippen molar-refractivity contribution in [2.75, 3.05) is 6.54 Å². The maximum atomic E-state index is 13.3. The Hall–Kier alpha value is -2.18. The van der Waals surface area contributed by atoms with Crippen molar-refractivity contribution in [3.05, 3.63) is 35.4 Å². The van der Waals surface area contributed by atoms with Gasteiger partial charge in [0.25, 0.3) is 0 Å². The number of carboxylic acids is 1. The Kier molecular flexibility index (Phi) is 4.08. The molecule has 1 aromatic carbocycles. The quantitative estimate of drug-likeness (QED) is 0.911. The second-order valence-corrected chi connectivity index (χ2v) is 6.20. The zero-order chi connectivity index (χ0) is 16.7. The summed E-state index contributed by atoms with van der Waals surface area (Å²) in [6, 6.07) is 2.08. The number of rotatable bonds is 2. The summed E-state index contributed by atoms with van der Waals surface area (Å²) in [6.07, 6.45) is -0.737. The number of aliphatic carboxylic acids is 1. The Morgan fingerprint density at radius 3 is 2.41 bits per heavy atom. The minimum atomic E-state index is -1.22. The summed E-state index contributed by atoms with van der Waals surface area (Å²) in [5.41, 5.74) is -0.404. The summed E-state index contributed by atoms with van der Waals surface area (Å²) in [5, 5.41) is 9.29. The highest BCUT2D eigenvalue weighted by Crippen LogP contribution is 2.36. The second-order valence-electron chi connectivity index (χ2n) is 6.20. The minimum absolute atomic E-state index is 0.0803. The molecule has 2 rings (SSSR count). The first-order valence-electron chi connectivity index (χ1n) is 6.77. The van der Waals surface area contributed by atoms with Crippen LogP contribution in [0.15, 0.2) is 18.2 Å². The van der Waals surface area contributed by atoms with Gasteiger partial charge in [0, 0.05) is 12.5 Å². The molecular formula is C15H17F2NO4. The molecule has 0 saturated carbocycles. The van der Waals surface area contributed by atoms with Crippen molar-refractivity contribution in [1.82, 2.24) is 4.90 Å². The lowest BCUT2D eigenvalue weighted by molar-refractivity contribution is -0.149. The summed E-state index contributed by atoms with van der Waals surface area (Å²) in [7, 11) is 0. The minimum Gasteiger partial charge on any atom is -0.480 e. The Morgan fingerprint density at radius 2 is 1.91 bits per heavy atom. The van der Waals surface area contributed by atoms with Crippen LogP contribution in [0.5, 0.6) is 0 Å². The highest BCUT2D eigenvalue weighted by molar-refractivity contribution is 5.83. The summed E-state index contributed by atoms with van der Waals surface area (Å²) in [5.74, 6) is -3.86. The van der Waals surface area contributed by atoms with E-state index in [4.69, 9.17) is 4.74 Å². The first kappa shape index (κ1) is 16.2. The van der Waals surface area contributed by atoms with Crippen LogP contribution in [0.4, 0.5) is 13.6 Å².